The first-order valence-electron chi connectivity index (χ1n) is 6.13. The van der Waals surface area contributed by atoms with Crippen molar-refractivity contribution >= 4 is 33.2 Å². The molecule has 1 N–H and O–H groups in total. The normalized spacial score (nSPS) is 17.7. The molecule has 1 aliphatic heterocycles. The zero-order valence-corrected chi connectivity index (χ0v) is 12.4. The summed E-state index contributed by atoms with van der Waals surface area (Å²) in [6.07, 6.45) is 1.93. The van der Waals surface area contributed by atoms with Crippen LogP contribution in [0.5, 0.6) is 0 Å². The summed E-state index contributed by atoms with van der Waals surface area (Å²) in [5, 5.41) is 4.13. The Labute approximate surface area is 124 Å². The third kappa shape index (κ3) is 2.63. The molecule has 0 aromatic heterocycles. The molecule has 19 heavy (non-hydrogen) atoms. The molecule has 3 rings (SSSR count). The van der Waals surface area contributed by atoms with Crippen LogP contribution in [0.25, 0.3) is 0 Å². The third-order valence-electron chi connectivity index (χ3n) is 3.45. The second kappa shape index (κ2) is 5.14. The van der Waals surface area contributed by atoms with Gasteiger partial charge in [-0.25, -0.2) is 4.39 Å². The minimum Gasteiger partial charge on any atom is -0.378 e. The minimum absolute atomic E-state index is 0.213. The van der Waals surface area contributed by atoms with Gasteiger partial charge < -0.3 is 5.32 Å². The van der Waals surface area contributed by atoms with Crippen LogP contribution in [-0.2, 0) is 6.42 Å². The fourth-order valence-corrected chi connectivity index (χ4v) is 2.95. The van der Waals surface area contributed by atoms with Gasteiger partial charge in [0.05, 0.1) is 10.5 Å². The Morgan fingerprint density at radius 2 is 1.95 bits per heavy atom. The molecule has 0 aliphatic carbocycles. The van der Waals surface area contributed by atoms with Crippen LogP contribution in [0.1, 0.15) is 23.6 Å². The molecule has 2 aromatic rings. The largest absolute Gasteiger partial charge is 0.378 e. The lowest BCUT2D eigenvalue weighted by Gasteiger charge is -2.27. The molecule has 0 radical (unpaired) electrons. The van der Waals surface area contributed by atoms with E-state index in [9.17, 15) is 4.39 Å². The quantitative estimate of drug-likeness (QED) is 0.739. The van der Waals surface area contributed by atoms with Crippen molar-refractivity contribution in [2.75, 3.05) is 5.32 Å². The van der Waals surface area contributed by atoms with Crippen LogP contribution in [0.15, 0.2) is 40.9 Å². The number of rotatable bonds is 1. The summed E-state index contributed by atoms with van der Waals surface area (Å²) in [6, 6.07) is 11.4. The van der Waals surface area contributed by atoms with Crippen LogP contribution in [0.2, 0.25) is 5.02 Å². The molecule has 0 fully saturated rings. The predicted molar refractivity (Wildman–Crippen MR) is 80.2 cm³/mol. The van der Waals surface area contributed by atoms with Crippen LogP contribution in [0.3, 0.4) is 0 Å². The van der Waals surface area contributed by atoms with E-state index in [0.717, 1.165) is 29.1 Å². The van der Waals surface area contributed by atoms with Crippen molar-refractivity contribution < 1.29 is 4.39 Å². The van der Waals surface area contributed by atoms with E-state index in [0.29, 0.717) is 4.47 Å². The summed E-state index contributed by atoms with van der Waals surface area (Å²) >= 11 is 9.12. The van der Waals surface area contributed by atoms with Crippen LogP contribution in [-0.4, -0.2) is 0 Å². The number of fused-ring (bicyclic) bond motifs is 1. The van der Waals surface area contributed by atoms with Gasteiger partial charge in [0.25, 0.3) is 0 Å². The van der Waals surface area contributed by atoms with Crippen molar-refractivity contribution in [1.82, 2.24) is 0 Å². The molecule has 98 valence electrons. The van der Waals surface area contributed by atoms with E-state index in [2.05, 4.69) is 21.2 Å². The van der Waals surface area contributed by atoms with E-state index in [-0.39, 0.29) is 11.9 Å². The first-order chi connectivity index (χ1) is 9.13. The Bertz CT molecular complexity index is 612. The van der Waals surface area contributed by atoms with Crippen LogP contribution >= 0.6 is 27.5 Å². The molecule has 1 nitrogen and oxygen atoms in total. The zero-order valence-electron chi connectivity index (χ0n) is 10.1. The van der Waals surface area contributed by atoms with Crippen molar-refractivity contribution in [2.45, 2.75) is 18.9 Å². The first kappa shape index (κ1) is 12.9. The van der Waals surface area contributed by atoms with Gasteiger partial charge in [0.1, 0.15) is 5.82 Å². The summed E-state index contributed by atoms with van der Waals surface area (Å²) in [6.45, 7) is 0. The van der Waals surface area contributed by atoms with Gasteiger partial charge in [-0.05, 0) is 64.2 Å². The number of nitrogens with one attached hydrogen (secondary N) is 1. The molecule has 1 atom stereocenters. The van der Waals surface area contributed by atoms with Crippen LogP contribution in [0.4, 0.5) is 10.1 Å². The molecule has 0 bridgehead atoms. The Morgan fingerprint density at radius 3 is 2.68 bits per heavy atom. The highest BCUT2D eigenvalue weighted by molar-refractivity contribution is 9.10. The smallest absolute Gasteiger partial charge is 0.139 e. The van der Waals surface area contributed by atoms with Gasteiger partial charge in [0, 0.05) is 10.7 Å². The second-order valence-electron chi connectivity index (χ2n) is 4.71. The highest BCUT2D eigenvalue weighted by Gasteiger charge is 2.20. The lowest BCUT2D eigenvalue weighted by Crippen LogP contribution is -2.18. The molecule has 1 aliphatic rings. The highest BCUT2D eigenvalue weighted by Crippen LogP contribution is 2.35. The standard InChI is InChI=1S/C15H12BrClFN/c16-12-7-10-3-6-14(19-15(10)8-13(12)18)9-1-4-11(17)5-2-9/h1-2,4-5,7-8,14,19H,3,6H2. The van der Waals surface area contributed by atoms with E-state index in [1.54, 1.807) is 6.07 Å². The molecule has 0 saturated carbocycles. The van der Waals surface area contributed by atoms with Gasteiger partial charge in [0.2, 0.25) is 0 Å². The van der Waals surface area contributed by atoms with E-state index in [1.807, 2.05) is 30.3 Å². The summed E-state index contributed by atoms with van der Waals surface area (Å²) in [5.74, 6) is -0.233. The number of anilines is 1. The third-order valence-corrected chi connectivity index (χ3v) is 4.31. The first-order valence-corrected chi connectivity index (χ1v) is 7.30. The lowest BCUT2D eigenvalue weighted by molar-refractivity contribution is 0.613. The summed E-state index contributed by atoms with van der Waals surface area (Å²) < 4.78 is 14.1. The predicted octanol–water partition coefficient (Wildman–Crippen LogP) is 5.34. The number of halogens is 3. The number of benzene rings is 2. The minimum atomic E-state index is -0.233. The van der Waals surface area contributed by atoms with Gasteiger partial charge >= 0.3 is 0 Å². The maximum atomic E-state index is 13.6. The Balaban J connectivity index is 1.89. The zero-order chi connectivity index (χ0) is 13.4. The van der Waals surface area contributed by atoms with Crippen molar-refractivity contribution in [3.8, 4) is 0 Å². The maximum Gasteiger partial charge on any atom is 0.139 e. The van der Waals surface area contributed by atoms with Crippen molar-refractivity contribution in [2.24, 2.45) is 0 Å². The lowest BCUT2D eigenvalue weighted by atomic mass is 9.93. The topological polar surface area (TPSA) is 12.0 Å². The van der Waals surface area contributed by atoms with E-state index >= 15 is 0 Å². The summed E-state index contributed by atoms with van der Waals surface area (Å²) in [5.41, 5.74) is 3.21. The summed E-state index contributed by atoms with van der Waals surface area (Å²) in [7, 11) is 0. The Hall–Kier alpha value is -1.06. The highest BCUT2D eigenvalue weighted by atomic mass is 79.9. The van der Waals surface area contributed by atoms with E-state index < -0.39 is 0 Å². The van der Waals surface area contributed by atoms with Gasteiger partial charge in [0.15, 0.2) is 0 Å². The molecule has 1 unspecified atom stereocenters. The van der Waals surface area contributed by atoms with Gasteiger partial charge in [-0.3, -0.25) is 0 Å². The monoisotopic (exact) mass is 339 g/mol. The maximum absolute atomic E-state index is 13.6. The molecule has 2 aromatic carbocycles. The van der Waals surface area contributed by atoms with Gasteiger partial charge in [-0.15, -0.1) is 0 Å². The molecule has 0 saturated heterocycles. The molecule has 0 amide bonds. The van der Waals surface area contributed by atoms with Gasteiger partial charge in [-0.1, -0.05) is 23.7 Å². The molecule has 0 spiro atoms. The molecule has 1 heterocycles. The number of hydrogen-bond acceptors (Lipinski definition) is 1. The van der Waals surface area contributed by atoms with Crippen molar-refractivity contribution in [3.05, 3.63) is 62.8 Å². The fraction of sp³-hybridized carbons (Fsp3) is 0.200. The van der Waals surface area contributed by atoms with E-state index in [1.165, 1.54) is 5.56 Å². The SMILES string of the molecule is Fc1cc2c(cc1Br)CCC(c1ccc(Cl)cc1)N2. The average molecular weight is 341 g/mol. The van der Waals surface area contributed by atoms with Crippen molar-refractivity contribution in [3.63, 3.8) is 0 Å². The van der Waals surface area contributed by atoms with Gasteiger partial charge in [-0.2, -0.15) is 0 Å². The fourth-order valence-electron chi connectivity index (χ4n) is 2.43. The average Bonchev–Trinajstić information content (AvgIpc) is 2.40. The molecular formula is C15H12BrClFN. The molecular weight excluding hydrogens is 329 g/mol. The Kier molecular flexibility index (Phi) is 3.50. The summed E-state index contributed by atoms with van der Waals surface area (Å²) in [4.78, 5) is 0. The Morgan fingerprint density at radius 1 is 1.21 bits per heavy atom. The van der Waals surface area contributed by atoms with Crippen LogP contribution < -0.4 is 5.32 Å². The molecule has 4 heteroatoms. The number of aryl methyl sites for hydroxylation is 1. The van der Waals surface area contributed by atoms with Crippen molar-refractivity contribution in [1.29, 1.82) is 0 Å². The van der Waals surface area contributed by atoms with Crippen LogP contribution in [0, 0.1) is 5.82 Å². The van der Waals surface area contributed by atoms with E-state index in [4.69, 9.17) is 11.6 Å². The number of hydrogen-bond donors (Lipinski definition) is 1. The second-order valence-corrected chi connectivity index (χ2v) is 6.00.